The van der Waals surface area contributed by atoms with Crippen LogP contribution in [0.3, 0.4) is 0 Å². The number of aryl methyl sites for hydroxylation is 2. The molecule has 0 unspecified atom stereocenters. The molecule has 0 bridgehead atoms. The molecule has 0 spiro atoms. The minimum atomic E-state index is -1.01. The third kappa shape index (κ3) is 14.2. The van der Waals surface area contributed by atoms with Gasteiger partial charge in [-0.05, 0) is 155 Å². The zero-order chi connectivity index (χ0) is 57.0. The first-order chi connectivity index (χ1) is 36.8. The van der Waals surface area contributed by atoms with Crippen LogP contribution in [0.1, 0.15) is 149 Å². The number of hydrogen-bond acceptors (Lipinski definition) is 10. The first-order valence-electron chi connectivity index (χ1n) is 27.2. The first-order valence-corrected chi connectivity index (χ1v) is 28.8. The van der Waals surface area contributed by atoms with Gasteiger partial charge in [0, 0.05) is 45.2 Å². The molecule has 2 aliphatic carbocycles. The lowest BCUT2D eigenvalue weighted by Gasteiger charge is -2.36. The van der Waals surface area contributed by atoms with E-state index in [1.54, 1.807) is 46.1 Å². The number of nitrogens with one attached hydrogen (secondary N) is 8. The van der Waals surface area contributed by atoms with Crippen LogP contribution in [0.15, 0.2) is 69.6 Å². The number of carbonyl (C=O) groups excluding carboxylic acids is 8. The van der Waals surface area contributed by atoms with Gasteiger partial charge in [0.25, 0.3) is 11.8 Å². The van der Waals surface area contributed by atoms with E-state index >= 15 is 0 Å². The van der Waals surface area contributed by atoms with Gasteiger partial charge in [-0.25, -0.2) is 0 Å². The van der Waals surface area contributed by atoms with Crippen LogP contribution in [-0.2, 0) is 41.6 Å². The number of carbonyl (C=O) groups is 8. The highest BCUT2D eigenvalue weighted by atomic mass is 79.9. The van der Waals surface area contributed by atoms with Crippen molar-refractivity contribution in [2.45, 2.75) is 167 Å². The molecule has 2 saturated heterocycles. The lowest BCUT2D eigenvalue weighted by atomic mass is 9.85. The zero-order valence-corrected chi connectivity index (χ0v) is 49.7. The second-order valence-corrected chi connectivity index (χ2v) is 25.5. The van der Waals surface area contributed by atoms with Crippen molar-refractivity contribution in [3.63, 3.8) is 0 Å². The number of nitrogens with zero attached hydrogens (tertiary/aromatic N) is 2. The maximum absolute atomic E-state index is 14.8. The molecular formula is C58H78Br2N10O8. The quantitative estimate of drug-likeness (QED) is 0.0924. The number of hydrogen-bond donors (Lipinski definition) is 8. The Hall–Kier alpha value is -5.70. The van der Waals surface area contributed by atoms with E-state index in [4.69, 9.17) is 0 Å². The van der Waals surface area contributed by atoms with Crippen molar-refractivity contribution < 1.29 is 38.4 Å². The molecule has 0 saturated carbocycles. The van der Waals surface area contributed by atoms with E-state index in [0.717, 1.165) is 56.9 Å². The highest BCUT2D eigenvalue weighted by Crippen LogP contribution is 2.35. The van der Waals surface area contributed by atoms with Crippen molar-refractivity contribution in [1.82, 2.24) is 52.3 Å². The van der Waals surface area contributed by atoms with Gasteiger partial charge in [0.2, 0.25) is 35.4 Å². The van der Waals surface area contributed by atoms with Crippen LogP contribution in [0, 0.1) is 10.8 Å². The molecule has 3 aromatic rings. The van der Waals surface area contributed by atoms with Crippen LogP contribution in [0.25, 0.3) is 0 Å². The van der Waals surface area contributed by atoms with Crippen molar-refractivity contribution in [3.8, 4) is 0 Å². The van der Waals surface area contributed by atoms with Gasteiger partial charge in [0.1, 0.15) is 24.2 Å². The summed E-state index contributed by atoms with van der Waals surface area (Å²) in [6.45, 7) is 14.4. The summed E-state index contributed by atoms with van der Waals surface area (Å²) in [6.07, 6.45) is 5.08. The van der Waals surface area contributed by atoms with Crippen LogP contribution in [-0.4, -0.2) is 133 Å². The van der Waals surface area contributed by atoms with Crippen LogP contribution >= 0.6 is 31.9 Å². The van der Waals surface area contributed by atoms with Gasteiger partial charge < -0.3 is 52.3 Å². The van der Waals surface area contributed by atoms with Crippen LogP contribution in [0.2, 0.25) is 0 Å². The lowest BCUT2D eigenvalue weighted by molar-refractivity contribution is -0.144. The van der Waals surface area contributed by atoms with Crippen molar-refractivity contribution >= 4 is 79.1 Å². The van der Waals surface area contributed by atoms with E-state index in [1.807, 2.05) is 65.8 Å². The first kappa shape index (κ1) is 60.0. The fourth-order valence-corrected chi connectivity index (χ4v) is 11.8. The third-order valence-corrected chi connectivity index (χ3v) is 16.7. The molecule has 4 aliphatic rings. The molecule has 8 amide bonds. The number of benzene rings is 3. The van der Waals surface area contributed by atoms with Gasteiger partial charge in [-0.15, -0.1) is 0 Å². The molecule has 10 atom stereocenters. The minimum Gasteiger partial charge on any atom is -0.347 e. The van der Waals surface area contributed by atoms with Crippen molar-refractivity contribution in [2.24, 2.45) is 10.8 Å². The van der Waals surface area contributed by atoms with E-state index < -0.39 is 82.8 Å². The summed E-state index contributed by atoms with van der Waals surface area (Å²) >= 11 is 7.15. The second-order valence-electron chi connectivity index (χ2n) is 23.6. The fourth-order valence-electron chi connectivity index (χ4n) is 11.0. The molecule has 3 aromatic carbocycles. The maximum Gasteiger partial charge on any atom is 0.251 e. The summed E-state index contributed by atoms with van der Waals surface area (Å²) in [7, 11) is 3.30. The average Bonchev–Trinajstić information content (AvgIpc) is 4.14. The summed E-state index contributed by atoms with van der Waals surface area (Å²) in [5, 5.41) is 24.2. The van der Waals surface area contributed by atoms with Gasteiger partial charge in [-0.2, -0.15) is 0 Å². The Bertz CT molecular complexity index is 2600. The van der Waals surface area contributed by atoms with Crippen LogP contribution in [0.4, 0.5) is 0 Å². The number of amides is 8. The van der Waals surface area contributed by atoms with Crippen LogP contribution < -0.4 is 42.5 Å². The SMILES string of the molecule is CN[C@@H](C)C(=O)N[C@H](C(=O)N1C[C@@H](NC(=O)c2cccc(C(=O)N[C@H]3C[C@@H](C(=O)N[C@@H]4CCCc5ccc(Br)cc54)N(C(=O)[C@@H](NC(=O)[C@H](C)NC)C(C)(C)C)C3)c2)C[C@H]1C(=O)N[C@@H]1CCCc2ccc(Br)cc21)C(C)(C)C. The highest BCUT2D eigenvalue weighted by molar-refractivity contribution is 9.10. The maximum atomic E-state index is 14.8. The number of fused-ring (bicyclic) bond motifs is 2. The van der Waals surface area contributed by atoms with Crippen LogP contribution in [0.5, 0.6) is 0 Å². The molecule has 20 heteroatoms. The molecular weight excluding hydrogens is 1120 g/mol. The largest absolute Gasteiger partial charge is 0.347 e. The number of halogens is 2. The standard InChI is InChI=1S/C58H78Br2N10O8/c1-31(61-9)49(71)67-47(57(3,4)5)55(77)69-29-39(27-45(69)53(75)65-43-18-12-14-33-20-22-37(59)25-41(33)43)63-51(73)35-16-11-17-36(24-35)52(74)64-40-28-46(54(76)66-44-19-13-15-34-21-23-38(60)26-42(34)44)70(30-40)56(78)48(58(6,7)8)68-50(72)32(2)62-10/h11,16-17,20-26,31-32,39-40,43-48,61-62H,12-15,18-19,27-30H2,1-10H3,(H,63,73)(H,64,74)(H,65,75)(H,66,76)(H,67,71)(H,68,72)/t31-,32-,39-,40-,43+,44+,45-,46-,47+,48+/m0/s1. The predicted molar refractivity (Wildman–Crippen MR) is 305 cm³/mol. The van der Waals surface area contributed by atoms with E-state index in [2.05, 4.69) is 86.5 Å². The molecule has 0 radical (unpaired) electrons. The Kier molecular flexibility index (Phi) is 19.4. The molecule has 7 rings (SSSR count). The van der Waals surface area contributed by atoms with Crippen molar-refractivity contribution in [3.05, 3.63) is 103 Å². The molecule has 18 nitrogen and oxygen atoms in total. The summed E-state index contributed by atoms with van der Waals surface area (Å²) in [5.74, 6) is -3.49. The van der Waals surface area contributed by atoms with Crippen molar-refractivity contribution in [1.29, 1.82) is 0 Å². The molecule has 2 aliphatic heterocycles. The minimum absolute atomic E-state index is 0.0234. The van der Waals surface area contributed by atoms with E-state index in [9.17, 15) is 38.4 Å². The highest BCUT2D eigenvalue weighted by Gasteiger charge is 2.48. The monoisotopic (exact) mass is 1200 g/mol. The molecule has 78 heavy (non-hydrogen) atoms. The average molecular weight is 1200 g/mol. The Morgan fingerprint density at radius 1 is 0.551 bits per heavy atom. The number of likely N-dealkylation sites (N-methyl/N-ethyl adjacent to an activating group) is 2. The van der Waals surface area contributed by atoms with Crippen molar-refractivity contribution in [2.75, 3.05) is 27.2 Å². The fraction of sp³-hybridized carbons (Fsp3) is 0.552. The molecule has 0 aromatic heterocycles. The van der Waals surface area contributed by atoms with Gasteiger partial charge in [0.05, 0.1) is 24.2 Å². The van der Waals surface area contributed by atoms with Gasteiger partial charge in [-0.3, -0.25) is 38.4 Å². The Morgan fingerprint density at radius 3 is 1.29 bits per heavy atom. The van der Waals surface area contributed by atoms with E-state index in [0.29, 0.717) is 12.8 Å². The Balaban J connectivity index is 1.09. The predicted octanol–water partition coefficient (Wildman–Crippen LogP) is 5.28. The van der Waals surface area contributed by atoms with E-state index in [-0.39, 0.29) is 72.8 Å². The van der Waals surface area contributed by atoms with E-state index in [1.165, 1.54) is 15.9 Å². The zero-order valence-electron chi connectivity index (χ0n) is 46.5. The second kappa shape index (κ2) is 25.2. The molecule has 2 fully saturated rings. The summed E-state index contributed by atoms with van der Waals surface area (Å²) in [5.41, 5.74) is 3.07. The third-order valence-electron chi connectivity index (χ3n) is 15.8. The van der Waals surface area contributed by atoms with Gasteiger partial charge >= 0.3 is 0 Å². The molecule has 2 heterocycles. The number of likely N-dealkylation sites (tertiary alicyclic amines) is 2. The normalized spacial score (nSPS) is 22.6. The van der Waals surface area contributed by atoms with Gasteiger partial charge in [0.15, 0.2) is 0 Å². The number of rotatable bonds is 16. The molecule has 8 N–H and O–H groups in total. The Morgan fingerprint density at radius 2 is 0.936 bits per heavy atom. The summed E-state index contributed by atoms with van der Waals surface area (Å²) in [6, 6.07) is 11.1. The smallest absolute Gasteiger partial charge is 0.251 e. The Labute approximate surface area is 475 Å². The summed E-state index contributed by atoms with van der Waals surface area (Å²) < 4.78 is 1.77. The topological polar surface area (TPSA) is 239 Å². The lowest BCUT2D eigenvalue weighted by Crippen LogP contribution is -2.59. The van der Waals surface area contributed by atoms with Gasteiger partial charge in [-0.1, -0.05) is 91.6 Å². The summed E-state index contributed by atoms with van der Waals surface area (Å²) in [4.78, 5) is 116. The molecule has 422 valence electrons.